The molecule has 0 heterocycles. The summed E-state index contributed by atoms with van der Waals surface area (Å²) >= 11 is 7.24. The minimum atomic E-state index is 0.226. The van der Waals surface area contributed by atoms with E-state index in [0.717, 1.165) is 14.9 Å². The molecule has 0 amide bonds. The first kappa shape index (κ1) is 15.3. The van der Waals surface area contributed by atoms with Gasteiger partial charge in [0.25, 0.3) is 0 Å². The lowest BCUT2D eigenvalue weighted by Crippen LogP contribution is -2.22. The molecule has 1 aliphatic carbocycles. The summed E-state index contributed by atoms with van der Waals surface area (Å²) < 4.78 is 2.24. The summed E-state index contributed by atoms with van der Waals surface area (Å²) in [6.07, 6.45) is 4.02. The third kappa shape index (κ3) is 3.10. The fourth-order valence-electron chi connectivity index (χ4n) is 3.08. The second-order valence-corrected chi connectivity index (χ2v) is 7.41. The Bertz CT molecular complexity index is 635. The lowest BCUT2D eigenvalue weighted by atomic mass is 9.76. The van der Waals surface area contributed by atoms with E-state index in [4.69, 9.17) is 0 Å². The van der Waals surface area contributed by atoms with Gasteiger partial charge in [0.15, 0.2) is 0 Å². The van der Waals surface area contributed by atoms with Crippen LogP contribution in [0.4, 0.5) is 0 Å². The standard InChI is InChI=1S/C18H19Br2N/c1-21-18(16-10-9-13(19)11-17(16)20)15-8-3-2-7-14(15)12-5-4-6-12/h2-3,7-12,18,21H,4-6H2,1H3. The number of nitrogens with one attached hydrogen (secondary N) is 1. The van der Waals surface area contributed by atoms with Crippen LogP contribution in [0.3, 0.4) is 0 Å². The number of benzene rings is 2. The van der Waals surface area contributed by atoms with Crippen LogP contribution < -0.4 is 5.32 Å². The van der Waals surface area contributed by atoms with Gasteiger partial charge in [-0.3, -0.25) is 0 Å². The molecule has 1 aliphatic rings. The van der Waals surface area contributed by atoms with Crippen molar-refractivity contribution in [1.29, 1.82) is 0 Å². The van der Waals surface area contributed by atoms with Crippen molar-refractivity contribution >= 4 is 31.9 Å². The Morgan fingerprint density at radius 1 is 1.05 bits per heavy atom. The van der Waals surface area contributed by atoms with E-state index in [2.05, 4.69) is 79.6 Å². The van der Waals surface area contributed by atoms with Gasteiger partial charge in [-0.05, 0) is 54.6 Å². The largest absolute Gasteiger partial charge is 0.309 e. The summed E-state index contributed by atoms with van der Waals surface area (Å²) in [5.41, 5.74) is 4.21. The summed E-state index contributed by atoms with van der Waals surface area (Å²) in [5.74, 6) is 0.742. The highest BCUT2D eigenvalue weighted by Crippen LogP contribution is 2.41. The Labute approximate surface area is 143 Å². The fraction of sp³-hybridized carbons (Fsp3) is 0.333. The van der Waals surface area contributed by atoms with Crippen LogP contribution in [-0.2, 0) is 0 Å². The van der Waals surface area contributed by atoms with Crippen molar-refractivity contribution in [3.8, 4) is 0 Å². The Balaban J connectivity index is 2.03. The number of rotatable bonds is 4. The van der Waals surface area contributed by atoms with Crippen molar-refractivity contribution in [1.82, 2.24) is 5.32 Å². The molecule has 0 aliphatic heterocycles. The van der Waals surface area contributed by atoms with E-state index in [1.807, 2.05) is 7.05 Å². The van der Waals surface area contributed by atoms with Crippen LogP contribution >= 0.6 is 31.9 Å². The van der Waals surface area contributed by atoms with E-state index in [-0.39, 0.29) is 6.04 Å². The van der Waals surface area contributed by atoms with Gasteiger partial charge in [0.2, 0.25) is 0 Å². The first-order valence-electron chi connectivity index (χ1n) is 7.41. The number of hydrogen-bond donors (Lipinski definition) is 1. The van der Waals surface area contributed by atoms with E-state index in [9.17, 15) is 0 Å². The molecule has 1 N–H and O–H groups in total. The molecule has 1 nitrogen and oxygen atoms in total. The molecular formula is C18H19Br2N. The topological polar surface area (TPSA) is 12.0 Å². The molecule has 110 valence electrons. The highest BCUT2D eigenvalue weighted by Gasteiger charge is 2.25. The van der Waals surface area contributed by atoms with Crippen LogP contribution in [0, 0.1) is 0 Å². The monoisotopic (exact) mass is 407 g/mol. The van der Waals surface area contributed by atoms with Crippen molar-refractivity contribution in [3.05, 3.63) is 68.1 Å². The second-order valence-electron chi connectivity index (χ2n) is 5.64. The summed E-state index contributed by atoms with van der Waals surface area (Å²) in [7, 11) is 2.04. The predicted molar refractivity (Wildman–Crippen MR) is 95.8 cm³/mol. The minimum Gasteiger partial charge on any atom is -0.309 e. The molecule has 2 aromatic rings. The van der Waals surface area contributed by atoms with Gasteiger partial charge >= 0.3 is 0 Å². The molecular weight excluding hydrogens is 390 g/mol. The van der Waals surface area contributed by atoms with Crippen LogP contribution in [0.25, 0.3) is 0 Å². The maximum absolute atomic E-state index is 3.71. The van der Waals surface area contributed by atoms with Crippen LogP contribution in [-0.4, -0.2) is 7.05 Å². The van der Waals surface area contributed by atoms with Crippen LogP contribution in [0.2, 0.25) is 0 Å². The molecule has 0 aromatic heterocycles. The van der Waals surface area contributed by atoms with E-state index in [1.54, 1.807) is 0 Å². The molecule has 3 rings (SSSR count). The molecule has 0 bridgehead atoms. The molecule has 1 atom stereocenters. The zero-order valence-electron chi connectivity index (χ0n) is 12.1. The van der Waals surface area contributed by atoms with Gasteiger partial charge in [-0.15, -0.1) is 0 Å². The summed E-state index contributed by atoms with van der Waals surface area (Å²) in [6, 6.07) is 15.5. The fourth-order valence-corrected chi connectivity index (χ4v) is 4.35. The number of hydrogen-bond acceptors (Lipinski definition) is 1. The van der Waals surface area contributed by atoms with Crippen molar-refractivity contribution in [2.75, 3.05) is 7.05 Å². The molecule has 1 unspecified atom stereocenters. The molecule has 21 heavy (non-hydrogen) atoms. The van der Waals surface area contributed by atoms with Crippen molar-refractivity contribution in [2.45, 2.75) is 31.2 Å². The van der Waals surface area contributed by atoms with Gasteiger partial charge in [0.05, 0.1) is 6.04 Å². The average molecular weight is 409 g/mol. The average Bonchev–Trinajstić information content (AvgIpc) is 2.41. The summed E-state index contributed by atoms with van der Waals surface area (Å²) in [5, 5.41) is 3.49. The van der Waals surface area contributed by atoms with E-state index in [1.165, 1.54) is 36.0 Å². The molecule has 3 heteroatoms. The third-order valence-corrected chi connectivity index (χ3v) is 5.59. The van der Waals surface area contributed by atoms with Crippen LogP contribution in [0.15, 0.2) is 51.4 Å². The third-order valence-electron chi connectivity index (χ3n) is 4.41. The summed E-state index contributed by atoms with van der Waals surface area (Å²) in [4.78, 5) is 0. The summed E-state index contributed by atoms with van der Waals surface area (Å²) in [6.45, 7) is 0. The van der Waals surface area contributed by atoms with Gasteiger partial charge in [0, 0.05) is 8.95 Å². The Kier molecular flexibility index (Phi) is 4.82. The van der Waals surface area contributed by atoms with Gasteiger partial charge < -0.3 is 5.32 Å². The van der Waals surface area contributed by atoms with Crippen LogP contribution in [0.5, 0.6) is 0 Å². The molecule has 2 aromatic carbocycles. The Morgan fingerprint density at radius 2 is 1.81 bits per heavy atom. The first-order valence-corrected chi connectivity index (χ1v) is 9.00. The number of halogens is 2. The van der Waals surface area contributed by atoms with E-state index in [0.29, 0.717) is 0 Å². The zero-order valence-corrected chi connectivity index (χ0v) is 15.2. The smallest absolute Gasteiger partial charge is 0.0588 e. The maximum Gasteiger partial charge on any atom is 0.0588 e. The van der Waals surface area contributed by atoms with Gasteiger partial charge in [-0.1, -0.05) is 68.6 Å². The predicted octanol–water partition coefficient (Wildman–Crippen LogP) is 5.79. The molecule has 0 radical (unpaired) electrons. The van der Waals surface area contributed by atoms with Crippen molar-refractivity contribution < 1.29 is 0 Å². The highest BCUT2D eigenvalue weighted by atomic mass is 79.9. The molecule has 1 fully saturated rings. The van der Waals surface area contributed by atoms with E-state index < -0.39 is 0 Å². The lowest BCUT2D eigenvalue weighted by Gasteiger charge is -2.31. The zero-order chi connectivity index (χ0) is 14.8. The SMILES string of the molecule is CNC(c1ccc(Br)cc1Br)c1ccccc1C1CCC1. The lowest BCUT2D eigenvalue weighted by molar-refractivity contribution is 0.415. The molecule has 1 saturated carbocycles. The quantitative estimate of drug-likeness (QED) is 0.675. The highest BCUT2D eigenvalue weighted by molar-refractivity contribution is 9.11. The normalized spacial score (nSPS) is 16.5. The van der Waals surface area contributed by atoms with Crippen LogP contribution in [0.1, 0.15) is 47.9 Å². The van der Waals surface area contributed by atoms with Gasteiger partial charge in [-0.2, -0.15) is 0 Å². The molecule has 0 saturated heterocycles. The molecule has 0 spiro atoms. The minimum absolute atomic E-state index is 0.226. The Morgan fingerprint density at radius 3 is 2.43 bits per heavy atom. The van der Waals surface area contributed by atoms with Gasteiger partial charge in [0.1, 0.15) is 0 Å². The maximum atomic E-state index is 3.71. The van der Waals surface area contributed by atoms with E-state index >= 15 is 0 Å². The first-order chi connectivity index (χ1) is 10.2. The van der Waals surface area contributed by atoms with Crippen molar-refractivity contribution in [3.63, 3.8) is 0 Å². The van der Waals surface area contributed by atoms with Gasteiger partial charge in [-0.25, -0.2) is 0 Å². The van der Waals surface area contributed by atoms with Crippen molar-refractivity contribution in [2.24, 2.45) is 0 Å². The Hall–Kier alpha value is -0.640. The second kappa shape index (κ2) is 6.64.